The van der Waals surface area contributed by atoms with Gasteiger partial charge >= 0.3 is 0 Å². The van der Waals surface area contributed by atoms with Crippen LogP contribution in [0.1, 0.15) is 51.6 Å². The van der Waals surface area contributed by atoms with Crippen LogP contribution in [0.2, 0.25) is 5.15 Å². The van der Waals surface area contributed by atoms with Gasteiger partial charge in [0.05, 0.1) is 5.69 Å². The van der Waals surface area contributed by atoms with Gasteiger partial charge < -0.3 is 15.6 Å². The highest BCUT2D eigenvalue weighted by molar-refractivity contribution is 6.30. The summed E-state index contributed by atoms with van der Waals surface area (Å²) in [7, 11) is 0. The lowest BCUT2D eigenvalue weighted by Crippen LogP contribution is -2.32. The number of imidazole rings is 1. The van der Waals surface area contributed by atoms with Crippen LogP contribution in [0.15, 0.2) is 0 Å². The van der Waals surface area contributed by atoms with E-state index in [0.29, 0.717) is 24.7 Å². The molecule has 0 radical (unpaired) electrons. The van der Waals surface area contributed by atoms with Gasteiger partial charge in [-0.1, -0.05) is 24.9 Å². The molecule has 0 atom stereocenters. The topological polar surface area (TPSA) is 69.8 Å². The SMILES string of the molecule is CCCCc1nc(Cl)c(CNCCC(=O)NC(C)C)[nH]1. The maximum atomic E-state index is 11.5. The van der Waals surface area contributed by atoms with Gasteiger partial charge in [0.2, 0.25) is 5.91 Å². The molecule has 0 aliphatic carbocycles. The van der Waals surface area contributed by atoms with Crippen molar-refractivity contribution < 1.29 is 4.79 Å². The summed E-state index contributed by atoms with van der Waals surface area (Å²) in [4.78, 5) is 19.0. The van der Waals surface area contributed by atoms with Crippen molar-refractivity contribution in [3.05, 3.63) is 16.7 Å². The van der Waals surface area contributed by atoms with Gasteiger partial charge in [-0.15, -0.1) is 0 Å². The minimum atomic E-state index is 0.0619. The number of nitrogens with one attached hydrogen (secondary N) is 3. The van der Waals surface area contributed by atoms with Gasteiger partial charge in [-0.3, -0.25) is 4.79 Å². The van der Waals surface area contributed by atoms with Crippen molar-refractivity contribution in [1.29, 1.82) is 0 Å². The van der Waals surface area contributed by atoms with Crippen LogP contribution in [0.4, 0.5) is 0 Å². The Bertz CT molecular complexity index is 417. The number of aromatic nitrogens is 2. The summed E-state index contributed by atoms with van der Waals surface area (Å²) in [5, 5.41) is 6.58. The molecule has 1 heterocycles. The normalized spacial score (nSPS) is 11.1. The summed E-state index contributed by atoms with van der Waals surface area (Å²) < 4.78 is 0. The average molecular weight is 301 g/mol. The third-order valence-corrected chi connectivity index (χ3v) is 3.14. The standard InChI is InChI=1S/C14H25ClN4O/c1-4-5-6-12-18-11(14(15)19-12)9-16-8-7-13(20)17-10(2)3/h10,16H,4-9H2,1-3H3,(H,17,20)(H,18,19). The third-order valence-electron chi connectivity index (χ3n) is 2.82. The zero-order valence-corrected chi connectivity index (χ0v) is 13.3. The van der Waals surface area contributed by atoms with E-state index in [1.807, 2.05) is 13.8 Å². The molecule has 114 valence electrons. The minimum Gasteiger partial charge on any atom is -0.354 e. The molecule has 0 spiro atoms. The second-order valence-electron chi connectivity index (χ2n) is 5.21. The van der Waals surface area contributed by atoms with E-state index in [-0.39, 0.29) is 11.9 Å². The van der Waals surface area contributed by atoms with Crippen LogP contribution in [0, 0.1) is 0 Å². The number of hydrogen-bond acceptors (Lipinski definition) is 3. The first-order valence-electron chi connectivity index (χ1n) is 7.26. The molecule has 6 heteroatoms. The summed E-state index contributed by atoms with van der Waals surface area (Å²) in [5.74, 6) is 0.998. The fourth-order valence-corrected chi connectivity index (χ4v) is 2.04. The summed E-state index contributed by atoms with van der Waals surface area (Å²) in [6, 6.07) is 0.186. The van der Waals surface area contributed by atoms with E-state index in [2.05, 4.69) is 27.5 Å². The van der Waals surface area contributed by atoms with Crippen molar-refractivity contribution in [2.75, 3.05) is 6.54 Å². The Hall–Kier alpha value is -1.07. The highest BCUT2D eigenvalue weighted by atomic mass is 35.5. The van der Waals surface area contributed by atoms with E-state index in [9.17, 15) is 4.79 Å². The predicted octanol–water partition coefficient (Wildman–Crippen LogP) is 2.41. The Morgan fingerprint density at radius 3 is 2.85 bits per heavy atom. The van der Waals surface area contributed by atoms with Crippen molar-refractivity contribution in [3.8, 4) is 0 Å². The average Bonchev–Trinajstić information content (AvgIpc) is 2.72. The fourth-order valence-electron chi connectivity index (χ4n) is 1.83. The van der Waals surface area contributed by atoms with Gasteiger partial charge in [0.15, 0.2) is 5.15 Å². The van der Waals surface area contributed by atoms with Gasteiger partial charge in [-0.2, -0.15) is 0 Å². The number of rotatable bonds is 9. The molecule has 0 aromatic carbocycles. The molecule has 0 saturated heterocycles. The number of carbonyl (C=O) groups excluding carboxylic acids is 1. The van der Waals surface area contributed by atoms with E-state index in [4.69, 9.17) is 11.6 Å². The van der Waals surface area contributed by atoms with Crippen molar-refractivity contribution >= 4 is 17.5 Å². The van der Waals surface area contributed by atoms with E-state index < -0.39 is 0 Å². The van der Waals surface area contributed by atoms with Gasteiger partial charge in [-0.25, -0.2) is 4.98 Å². The molecule has 3 N–H and O–H groups in total. The Balaban J connectivity index is 2.28. The Kier molecular flexibility index (Phi) is 7.62. The van der Waals surface area contributed by atoms with Crippen molar-refractivity contribution in [2.24, 2.45) is 0 Å². The van der Waals surface area contributed by atoms with Crippen LogP contribution in [-0.2, 0) is 17.8 Å². The highest BCUT2D eigenvalue weighted by Gasteiger charge is 2.08. The predicted molar refractivity (Wildman–Crippen MR) is 81.8 cm³/mol. The number of halogens is 1. The molecule has 5 nitrogen and oxygen atoms in total. The number of unbranched alkanes of at least 4 members (excludes halogenated alkanes) is 1. The van der Waals surface area contributed by atoms with Crippen molar-refractivity contribution in [2.45, 2.75) is 59.0 Å². The number of aromatic amines is 1. The second kappa shape index (κ2) is 8.97. The second-order valence-corrected chi connectivity index (χ2v) is 5.56. The molecule has 0 saturated carbocycles. The largest absolute Gasteiger partial charge is 0.354 e. The number of nitrogens with zero attached hydrogens (tertiary/aromatic N) is 1. The fraction of sp³-hybridized carbons (Fsp3) is 0.714. The molecule has 20 heavy (non-hydrogen) atoms. The number of aryl methyl sites for hydroxylation is 1. The first-order valence-corrected chi connectivity index (χ1v) is 7.64. The summed E-state index contributed by atoms with van der Waals surface area (Å²) in [5.41, 5.74) is 0.891. The molecular weight excluding hydrogens is 276 g/mol. The number of H-pyrrole nitrogens is 1. The third kappa shape index (κ3) is 6.39. The smallest absolute Gasteiger partial charge is 0.221 e. The summed E-state index contributed by atoms with van der Waals surface area (Å²) in [6.45, 7) is 7.28. The maximum Gasteiger partial charge on any atom is 0.221 e. The van der Waals surface area contributed by atoms with E-state index >= 15 is 0 Å². The summed E-state index contributed by atoms with van der Waals surface area (Å²) in [6.07, 6.45) is 3.63. The van der Waals surface area contributed by atoms with Gasteiger partial charge in [-0.05, 0) is 20.3 Å². The molecule has 1 aromatic heterocycles. The first kappa shape index (κ1) is 17.0. The van der Waals surface area contributed by atoms with Crippen LogP contribution in [0.5, 0.6) is 0 Å². The first-order chi connectivity index (χ1) is 9.52. The molecule has 1 rings (SSSR count). The Morgan fingerprint density at radius 1 is 1.45 bits per heavy atom. The molecular formula is C14H25ClN4O. The Morgan fingerprint density at radius 2 is 2.20 bits per heavy atom. The lowest BCUT2D eigenvalue weighted by Gasteiger charge is -2.08. The molecule has 0 aliphatic rings. The van der Waals surface area contributed by atoms with Gasteiger partial charge in [0, 0.05) is 32.0 Å². The van der Waals surface area contributed by atoms with Crippen molar-refractivity contribution in [1.82, 2.24) is 20.6 Å². The highest BCUT2D eigenvalue weighted by Crippen LogP contribution is 2.13. The zero-order chi connectivity index (χ0) is 15.0. The van der Waals surface area contributed by atoms with E-state index in [1.165, 1.54) is 0 Å². The van der Waals surface area contributed by atoms with E-state index in [0.717, 1.165) is 30.8 Å². The molecule has 0 fully saturated rings. The lowest BCUT2D eigenvalue weighted by atomic mass is 10.2. The van der Waals surface area contributed by atoms with Gasteiger partial charge in [0.1, 0.15) is 5.82 Å². The molecule has 0 bridgehead atoms. The number of amides is 1. The number of hydrogen-bond donors (Lipinski definition) is 3. The quantitative estimate of drug-likeness (QED) is 0.613. The minimum absolute atomic E-state index is 0.0619. The molecule has 0 aliphatic heterocycles. The van der Waals surface area contributed by atoms with Crippen LogP contribution < -0.4 is 10.6 Å². The number of carbonyl (C=O) groups is 1. The maximum absolute atomic E-state index is 11.5. The van der Waals surface area contributed by atoms with Gasteiger partial charge in [0.25, 0.3) is 0 Å². The van der Waals surface area contributed by atoms with Crippen LogP contribution in [0.25, 0.3) is 0 Å². The van der Waals surface area contributed by atoms with Crippen molar-refractivity contribution in [3.63, 3.8) is 0 Å². The van der Waals surface area contributed by atoms with Crippen LogP contribution >= 0.6 is 11.6 Å². The molecule has 0 unspecified atom stereocenters. The monoisotopic (exact) mass is 300 g/mol. The van der Waals surface area contributed by atoms with E-state index in [1.54, 1.807) is 0 Å². The zero-order valence-electron chi connectivity index (χ0n) is 12.6. The van der Waals surface area contributed by atoms with Crippen LogP contribution in [0.3, 0.4) is 0 Å². The lowest BCUT2D eigenvalue weighted by molar-refractivity contribution is -0.121. The molecule has 1 aromatic rings. The van der Waals surface area contributed by atoms with Crippen LogP contribution in [-0.4, -0.2) is 28.5 Å². The molecule has 1 amide bonds. The summed E-state index contributed by atoms with van der Waals surface area (Å²) >= 11 is 6.07. The Labute approximate surface area is 125 Å².